The van der Waals surface area contributed by atoms with Crippen molar-refractivity contribution in [3.8, 4) is 0 Å². The molecule has 0 atom stereocenters. The van der Waals surface area contributed by atoms with Gasteiger partial charge in [0, 0.05) is 20.1 Å². The molecule has 5 nitrogen and oxygen atoms in total. The summed E-state index contributed by atoms with van der Waals surface area (Å²) in [5.41, 5.74) is 0. The van der Waals surface area contributed by atoms with Crippen LogP contribution in [0.25, 0.3) is 0 Å². The van der Waals surface area contributed by atoms with E-state index in [9.17, 15) is 0 Å². The minimum Gasteiger partial charge on any atom is -0.379 e. The quantitative estimate of drug-likeness (QED) is 0.729. The van der Waals surface area contributed by atoms with E-state index >= 15 is 0 Å². The van der Waals surface area contributed by atoms with E-state index < -0.39 is 0 Å². The zero-order valence-corrected chi connectivity index (χ0v) is 10.7. The zero-order valence-electron chi connectivity index (χ0n) is 9.85. The zero-order chi connectivity index (χ0) is 11.4. The third-order valence-electron chi connectivity index (χ3n) is 2.67. The number of aromatic nitrogens is 3. The van der Waals surface area contributed by atoms with Crippen molar-refractivity contribution in [1.82, 2.24) is 19.7 Å². The molecule has 0 amide bonds. The van der Waals surface area contributed by atoms with E-state index in [-0.39, 0.29) is 0 Å². The SMILES string of the molecule is CCSc1nnc(CN2CCOCC2)n1C. The maximum atomic E-state index is 5.32. The van der Waals surface area contributed by atoms with Crippen LogP contribution in [0, 0.1) is 0 Å². The first-order valence-corrected chi connectivity index (χ1v) is 6.61. The van der Waals surface area contributed by atoms with Gasteiger partial charge < -0.3 is 9.30 Å². The summed E-state index contributed by atoms with van der Waals surface area (Å²) in [7, 11) is 2.04. The summed E-state index contributed by atoms with van der Waals surface area (Å²) in [5.74, 6) is 2.07. The summed E-state index contributed by atoms with van der Waals surface area (Å²) >= 11 is 1.73. The monoisotopic (exact) mass is 242 g/mol. The van der Waals surface area contributed by atoms with Gasteiger partial charge in [0.1, 0.15) is 5.82 Å². The minimum atomic E-state index is 0.828. The second-order valence-electron chi connectivity index (χ2n) is 3.78. The van der Waals surface area contributed by atoms with Crippen molar-refractivity contribution >= 4 is 11.8 Å². The second kappa shape index (κ2) is 5.65. The van der Waals surface area contributed by atoms with E-state index in [0.717, 1.165) is 49.6 Å². The Kier molecular flexibility index (Phi) is 4.20. The van der Waals surface area contributed by atoms with E-state index in [4.69, 9.17) is 4.74 Å². The second-order valence-corrected chi connectivity index (χ2v) is 5.01. The topological polar surface area (TPSA) is 43.2 Å². The van der Waals surface area contributed by atoms with Crippen molar-refractivity contribution in [2.45, 2.75) is 18.6 Å². The molecule has 90 valence electrons. The highest BCUT2D eigenvalue weighted by Crippen LogP contribution is 2.15. The first-order valence-electron chi connectivity index (χ1n) is 5.62. The summed E-state index contributed by atoms with van der Waals surface area (Å²) in [6, 6.07) is 0. The summed E-state index contributed by atoms with van der Waals surface area (Å²) < 4.78 is 7.41. The number of hydrogen-bond acceptors (Lipinski definition) is 5. The van der Waals surface area contributed by atoms with Crippen molar-refractivity contribution in [3.63, 3.8) is 0 Å². The highest BCUT2D eigenvalue weighted by molar-refractivity contribution is 7.99. The van der Waals surface area contributed by atoms with Gasteiger partial charge in [-0.1, -0.05) is 18.7 Å². The van der Waals surface area contributed by atoms with Crippen LogP contribution in [-0.2, 0) is 18.3 Å². The molecule has 0 aromatic carbocycles. The van der Waals surface area contributed by atoms with Gasteiger partial charge in [-0.25, -0.2) is 0 Å². The van der Waals surface area contributed by atoms with Crippen LogP contribution < -0.4 is 0 Å². The summed E-state index contributed by atoms with van der Waals surface area (Å²) in [4.78, 5) is 2.36. The molecule has 1 fully saturated rings. The molecule has 16 heavy (non-hydrogen) atoms. The van der Waals surface area contributed by atoms with Gasteiger partial charge >= 0.3 is 0 Å². The lowest BCUT2D eigenvalue weighted by Crippen LogP contribution is -2.36. The van der Waals surface area contributed by atoms with E-state index in [1.165, 1.54) is 0 Å². The minimum absolute atomic E-state index is 0.828. The lowest BCUT2D eigenvalue weighted by atomic mass is 10.4. The van der Waals surface area contributed by atoms with Crippen LogP contribution >= 0.6 is 11.8 Å². The van der Waals surface area contributed by atoms with Crippen LogP contribution in [0.1, 0.15) is 12.7 Å². The fourth-order valence-electron chi connectivity index (χ4n) is 1.70. The molecule has 1 aromatic heterocycles. The van der Waals surface area contributed by atoms with E-state index in [2.05, 4.69) is 26.6 Å². The maximum absolute atomic E-state index is 5.32. The van der Waals surface area contributed by atoms with Crippen LogP contribution in [0.5, 0.6) is 0 Å². The Morgan fingerprint density at radius 1 is 1.31 bits per heavy atom. The average Bonchev–Trinajstić information content (AvgIpc) is 2.64. The lowest BCUT2D eigenvalue weighted by Gasteiger charge is -2.25. The smallest absolute Gasteiger partial charge is 0.190 e. The van der Waals surface area contributed by atoms with Gasteiger partial charge in [0.2, 0.25) is 0 Å². The molecule has 1 aliphatic rings. The third kappa shape index (κ3) is 2.75. The Morgan fingerprint density at radius 3 is 2.75 bits per heavy atom. The third-order valence-corrected chi connectivity index (χ3v) is 3.57. The molecule has 0 saturated carbocycles. The number of ether oxygens (including phenoxy) is 1. The van der Waals surface area contributed by atoms with Gasteiger partial charge in [-0.05, 0) is 5.75 Å². The Morgan fingerprint density at radius 2 is 2.06 bits per heavy atom. The van der Waals surface area contributed by atoms with Crippen molar-refractivity contribution in [2.24, 2.45) is 7.05 Å². The predicted octanol–water partition coefficient (Wildman–Crippen LogP) is 0.759. The van der Waals surface area contributed by atoms with Crippen molar-refractivity contribution in [2.75, 3.05) is 32.1 Å². The molecule has 1 saturated heterocycles. The molecule has 0 radical (unpaired) electrons. The van der Waals surface area contributed by atoms with Gasteiger partial charge in [0.05, 0.1) is 19.8 Å². The Balaban J connectivity index is 1.97. The molecule has 1 aromatic rings. The fraction of sp³-hybridized carbons (Fsp3) is 0.800. The van der Waals surface area contributed by atoms with Crippen LogP contribution in [0.3, 0.4) is 0 Å². The molecular formula is C10H18N4OS. The van der Waals surface area contributed by atoms with Gasteiger partial charge in [-0.15, -0.1) is 10.2 Å². The molecule has 0 unspecified atom stereocenters. The number of nitrogens with zero attached hydrogens (tertiary/aromatic N) is 4. The molecule has 0 N–H and O–H groups in total. The molecule has 1 aliphatic heterocycles. The van der Waals surface area contributed by atoms with Crippen molar-refractivity contribution < 1.29 is 4.74 Å². The van der Waals surface area contributed by atoms with Crippen LogP contribution in [0.4, 0.5) is 0 Å². The van der Waals surface area contributed by atoms with Gasteiger partial charge in [0.25, 0.3) is 0 Å². The molecule has 2 rings (SSSR count). The molecule has 6 heteroatoms. The average molecular weight is 242 g/mol. The molecule has 0 aliphatic carbocycles. The van der Waals surface area contributed by atoms with Crippen LogP contribution in [0.2, 0.25) is 0 Å². The molecule has 2 heterocycles. The van der Waals surface area contributed by atoms with Crippen molar-refractivity contribution in [3.05, 3.63) is 5.82 Å². The highest BCUT2D eigenvalue weighted by atomic mass is 32.2. The largest absolute Gasteiger partial charge is 0.379 e. The summed E-state index contributed by atoms with van der Waals surface area (Å²) in [6.45, 7) is 6.63. The van der Waals surface area contributed by atoms with E-state index in [1.807, 2.05) is 7.05 Å². The predicted molar refractivity (Wildman–Crippen MR) is 63.5 cm³/mol. The standard InChI is InChI=1S/C10H18N4OS/c1-3-16-10-12-11-9(13(10)2)8-14-4-6-15-7-5-14/h3-8H2,1-2H3. The van der Waals surface area contributed by atoms with Gasteiger partial charge in [-0.3, -0.25) is 4.90 Å². The number of rotatable bonds is 4. The Bertz CT molecular complexity index is 336. The fourth-order valence-corrected chi connectivity index (χ4v) is 2.35. The lowest BCUT2D eigenvalue weighted by molar-refractivity contribution is 0.0326. The first kappa shape index (κ1) is 11.9. The molecule has 0 spiro atoms. The Hall–Kier alpha value is -0.590. The number of hydrogen-bond donors (Lipinski definition) is 0. The first-order chi connectivity index (χ1) is 7.81. The molecular weight excluding hydrogens is 224 g/mol. The van der Waals surface area contributed by atoms with Gasteiger partial charge in [-0.2, -0.15) is 0 Å². The van der Waals surface area contributed by atoms with Crippen molar-refractivity contribution in [1.29, 1.82) is 0 Å². The van der Waals surface area contributed by atoms with Crippen LogP contribution in [-0.4, -0.2) is 51.7 Å². The molecule has 0 bridgehead atoms. The van der Waals surface area contributed by atoms with Gasteiger partial charge in [0.15, 0.2) is 5.16 Å². The maximum Gasteiger partial charge on any atom is 0.190 e. The summed E-state index contributed by atoms with van der Waals surface area (Å²) in [5, 5.41) is 9.43. The normalized spacial score (nSPS) is 17.9. The van der Waals surface area contributed by atoms with Crippen LogP contribution in [0.15, 0.2) is 5.16 Å². The summed E-state index contributed by atoms with van der Waals surface area (Å²) in [6.07, 6.45) is 0. The number of thioether (sulfide) groups is 1. The van der Waals surface area contributed by atoms with E-state index in [1.54, 1.807) is 11.8 Å². The Labute approximate surface area is 100 Å². The number of morpholine rings is 1. The highest BCUT2D eigenvalue weighted by Gasteiger charge is 2.15. The van der Waals surface area contributed by atoms with E-state index in [0.29, 0.717) is 0 Å².